The van der Waals surface area contributed by atoms with Crippen LogP contribution in [-0.4, -0.2) is 17.9 Å². The van der Waals surface area contributed by atoms with Gasteiger partial charge in [-0.05, 0) is 12.8 Å². The van der Waals surface area contributed by atoms with E-state index < -0.39 is 0 Å². The first-order valence-corrected chi connectivity index (χ1v) is 4.17. The average molecular weight is 168 g/mol. The first-order valence-electron chi connectivity index (χ1n) is 4.17. The summed E-state index contributed by atoms with van der Waals surface area (Å²) in [7, 11) is 0. The molecule has 1 aliphatic rings. The standard InChI is InChI=1S/C8H12N2O2/c9-8-5-7(12-10-8)4-6-2-1-3-11-6/h5-6H,1-4H2,(H2,9,10). The minimum Gasteiger partial charge on any atom is -0.381 e. The molecule has 0 amide bonds. The van der Waals surface area contributed by atoms with E-state index in [0.717, 1.165) is 31.6 Å². The first kappa shape index (κ1) is 7.61. The molecule has 1 aromatic rings. The highest BCUT2D eigenvalue weighted by Gasteiger charge is 2.17. The van der Waals surface area contributed by atoms with Crippen molar-refractivity contribution in [2.45, 2.75) is 25.4 Å². The summed E-state index contributed by atoms with van der Waals surface area (Å²) in [6.07, 6.45) is 3.36. The maximum atomic E-state index is 5.44. The van der Waals surface area contributed by atoms with Gasteiger partial charge in [0.1, 0.15) is 5.76 Å². The first-order chi connectivity index (χ1) is 5.84. The highest BCUT2D eigenvalue weighted by atomic mass is 16.5. The molecule has 1 aromatic heterocycles. The molecular formula is C8H12N2O2. The Kier molecular flexibility index (Phi) is 1.99. The van der Waals surface area contributed by atoms with Crippen molar-refractivity contribution >= 4 is 5.82 Å². The second kappa shape index (κ2) is 3.15. The fourth-order valence-electron chi connectivity index (χ4n) is 1.45. The Labute approximate surface area is 70.7 Å². The molecule has 0 radical (unpaired) electrons. The molecule has 0 saturated carbocycles. The number of nitrogens with zero attached hydrogens (tertiary/aromatic N) is 1. The second-order valence-electron chi connectivity index (χ2n) is 3.06. The molecule has 2 N–H and O–H groups in total. The van der Waals surface area contributed by atoms with Crippen LogP contribution in [0.4, 0.5) is 5.82 Å². The predicted molar refractivity (Wildman–Crippen MR) is 43.6 cm³/mol. The van der Waals surface area contributed by atoms with Crippen molar-refractivity contribution in [1.29, 1.82) is 0 Å². The van der Waals surface area contributed by atoms with E-state index in [-0.39, 0.29) is 0 Å². The van der Waals surface area contributed by atoms with Gasteiger partial charge in [0.25, 0.3) is 0 Å². The Morgan fingerprint density at radius 1 is 1.67 bits per heavy atom. The van der Waals surface area contributed by atoms with Gasteiger partial charge in [-0.15, -0.1) is 0 Å². The molecule has 4 heteroatoms. The number of anilines is 1. The Morgan fingerprint density at radius 3 is 3.17 bits per heavy atom. The molecule has 0 bridgehead atoms. The lowest BCUT2D eigenvalue weighted by Crippen LogP contribution is -2.07. The number of aromatic nitrogens is 1. The summed E-state index contributed by atoms with van der Waals surface area (Å²) in [4.78, 5) is 0. The molecule has 66 valence electrons. The molecule has 1 unspecified atom stereocenters. The van der Waals surface area contributed by atoms with Crippen LogP contribution in [0.25, 0.3) is 0 Å². The number of hydrogen-bond donors (Lipinski definition) is 1. The van der Waals surface area contributed by atoms with E-state index in [1.54, 1.807) is 6.07 Å². The summed E-state index contributed by atoms with van der Waals surface area (Å²) in [6.45, 7) is 0.869. The van der Waals surface area contributed by atoms with Crippen LogP contribution in [-0.2, 0) is 11.2 Å². The van der Waals surface area contributed by atoms with Crippen LogP contribution >= 0.6 is 0 Å². The zero-order chi connectivity index (χ0) is 8.39. The summed E-state index contributed by atoms with van der Waals surface area (Å²) >= 11 is 0. The van der Waals surface area contributed by atoms with Gasteiger partial charge in [0, 0.05) is 19.1 Å². The average Bonchev–Trinajstić information content (AvgIpc) is 2.63. The molecule has 1 atom stereocenters. The monoisotopic (exact) mass is 168 g/mol. The molecule has 4 nitrogen and oxygen atoms in total. The molecule has 1 saturated heterocycles. The smallest absolute Gasteiger partial charge is 0.167 e. The lowest BCUT2D eigenvalue weighted by Gasteiger charge is -2.04. The van der Waals surface area contributed by atoms with Gasteiger partial charge < -0.3 is 15.0 Å². The van der Waals surface area contributed by atoms with Crippen molar-refractivity contribution in [3.63, 3.8) is 0 Å². The minimum absolute atomic E-state index is 0.303. The van der Waals surface area contributed by atoms with Gasteiger partial charge in [0.15, 0.2) is 5.82 Å². The quantitative estimate of drug-likeness (QED) is 0.715. The van der Waals surface area contributed by atoms with Gasteiger partial charge in [-0.25, -0.2) is 0 Å². The van der Waals surface area contributed by atoms with E-state index in [1.165, 1.54) is 0 Å². The van der Waals surface area contributed by atoms with Crippen LogP contribution < -0.4 is 5.73 Å². The van der Waals surface area contributed by atoms with E-state index >= 15 is 0 Å². The predicted octanol–water partition coefficient (Wildman–Crippen LogP) is 0.978. The molecule has 0 aromatic carbocycles. The highest BCUT2D eigenvalue weighted by Crippen LogP contribution is 2.17. The maximum absolute atomic E-state index is 5.44. The summed E-state index contributed by atoms with van der Waals surface area (Å²) in [5.41, 5.74) is 5.41. The van der Waals surface area contributed by atoms with Crippen LogP contribution in [0.15, 0.2) is 10.6 Å². The van der Waals surface area contributed by atoms with Crippen molar-refractivity contribution in [2.75, 3.05) is 12.3 Å². The van der Waals surface area contributed by atoms with Crippen LogP contribution in [0.5, 0.6) is 0 Å². The van der Waals surface area contributed by atoms with Crippen LogP contribution in [0.1, 0.15) is 18.6 Å². The van der Waals surface area contributed by atoms with Gasteiger partial charge in [0.2, 0.25) is 0 Å². The number of ether oxygens (including phenoxy) is 1. The van der Waals surface area contributed by atoms with Gasteiger partial charge in [0.05, 0.1) is 6.10 Å². The molecule has 1 aliphatic heterocycles. The SMILES string of the molecule is Nc1cc(CC2CCCO2)on1. The van der Waals surface area contributed by atoms with E-state index in [2.05, 4.69) is 5.16 Å². The van der Waals surface area contributed by atoms with Crippen molar-refractivity contribution in [1.82, 2.24) is 5.16 Å². The summed E-state index contributed by atoms with van der Waals surface area (Å²) in [5, 5.41) is 3.61. The van der Waals surface area contributed by atoms with Gasteiger partial charge in [-0.1, -0.05) is 5.16 Å². The third kappa shape index (κ3) is 1.58. The van der Waals surface area contributed by atoms with E-state index in [4.69, 9.17) is 15.0 Å². The third-order valence-electron chi connectivity index (χ3n) is 2.03. The lowest BCUT2D eigenvalue weighted by molar-refractivity contribution is 0.105. The van der Waals surface area contributed by atoms with E-state index in [9.17, 15) is 0 Å². The Balaban J connectivity index is 1.94. The minimum atomic E-state index is 0.303. The van der Waals surface area contributed by atoms with E-state index in [1.807, 2.05) is 0 Å². The third-order valence-corrected chi connectivity index (χ3v) is 2.03. The molecule has 2 heterocycles. The van der Waals surface area contributed by atoms with Crippen molar-refractivity contribution in [2.24, 2.45) is 0 Å². The van der Waals surface area contributed by atoms with Crippen LogP contribution in [0, 0.1) is 0 Å². The molecule has 2 rings (SSSR count). The van der Waals surface area contributed by atoms with Gasteiger partial charge in [-0.2, -0.15) is 0 Å². The largest absolute Gasteiger partial charge is 0.381 e. The summed E-state index contributed by atoms with van der Waals surface area (Å²) in [6, 6.07) is 1.75. The summed E-state index contributed by atoms with van der Waals surface area (Å²) in [5.74, 6) is 1.27. The van der Waals surface area contributed by atoms with Crippen LogP contribution in [0.3, 0.4) is 0 Å². The highest BCUT2D eigenvalue weighted by molar-refractivity contribution is 5.26. The number of nitrogen functional groups attached to an aromatic ring is 1. The number of hydrogen-bond acceptors (Lipinski definition) is 4. The van der Waals surface area contributed by atoms with Crippen LogP contribution in [0.2, 0.25) is 0 Å². The van der Waals surface area contributed by atoms with Crippen molar-refractivity contribution in [3.8, 4) is 0 Å². The zero-order valence-corrected chi connectivity index (χ0v) is 6.82. The topological polar surface area (TPSA) is 61.3 Å². The normalized spacial score (nSPS) is 23.2. The van der Waals surface area contributed by atoms with Crippen molar-refractivity contribution < 1.29 is 9.26 Å². The number of nitrogens with two attached hydrogens (primary N) is 1. The van der Waals surface area contributed by atoms with Gasteiger partial charge >= 0.3 is 0 Å². The molecule has 0 aliphatic carbocycles. The maximum Gasteiger partial charge on any atom is 0.167 e. The summed E-state index contributed by atoms with van der Waals surface area (Å²) < 4.78 is 10.4. The molecule has 1 fully saturated rings. The number of rotatable bonds is 2. The Morgan fingerprint density at radius 2 is 2.58 bits per heavy atom. The molecule has 12 heavy (non-hydrogen) atoms. The fourth-order valence-corrected chi connectivity index (χ4v) is 1.45. The van der Waals surface area contributed by atoms with Gasteiger partial charge in [-0.3, -0.25) is 0 Å². The van der Waals surface area contributed by atoms with Crippen molar-refractivity contribution in [3.05, 3.63) is 11.8 Å². The molecule has 0 spiro atoms. The second-order valence-corrected chi connectivity index (χ2v) is 3.06. The Bertz CT molecular complexity index is 253. The fraction of sp³-hybridized carbons (Fsp3) is 0.625. The Hall–Kier alpha value is -1.03. The van der Waals surface area contributed by atoms with E-state index in [0.29, 0.717) is 11.9 Å². The molecular weight excluding hydrogens is 156 g/mol. The lowest BCUT2D eigenvalue weighted by atomic mass is 10.1. The zero-order valence-electron chi connectivity index (χ0n) is 6.82.